The third-order valence-corrected chi connectivity index (χ3v) is 3.09. The summed E-state index contributed by atoms with van der Waals surface area (Å²) in [5.41, 5.74) is 3.39. The lowest BCUT2D eigenvalue weighted by Gasteiger charge is -2.05. The molecule has 0 radical (unpaired) electrons. The Morgan fingerprint density at radius 3 is 2.26 bits per heavy atom. The number of methoxy groups -OCH3 is 1. The Hall–Kier alpha value is -2.48. The van der Waals surface area contributed by atoms with E-state index in [9.17, 15) is 0 Å². The predicted octanol–water partition coefficient (Wildman–Crippen LogP) is 4.62. The molecule has 94 valence electrons. The largest absolute Gasteiger partial charge is 0.497 e. The van der Waals surface area contributed by atoms with Crippen molar-refractivity contribution in [3.63, 3.8) is 0 Å². The van der Waals surface area contributed by atoms with Crippen molar-refractivity contribution < 1.29 is 9.15 Å². The second-order valence-corrected chi connectivity index (χ2v) is 4.29. The highest BCUT2D eigenvalue weighted by atomic mass is 16.5. The van der Waals surface area contributed by atoms with E-state index in [0.29, 0.717) is 0 Å². The monoisotopic (exact) mass is 250 g/mol. The van der Waals surface area contributed by atoms with Gasteiger partial charge in [0.15, 0.2) is 0 Å². The number of hydrogen-bond donors (Lipinski definition) is 0. The molecule has 2 heteroatoms. The zero-order valence-corrected chi connectivity index (χ0v) is 10.7. The van der Waals surface area contributed by atoms with Gasteiger partial charge in [0.05, 0.1) is 13.4 Å². The Balaban J connectivity index is 1.94. The number of ether oxygens (including phenoxy) is 1. The molecular formula is C17H14O2. The minimum atomic E-state index is 0.868. The molecule has 0 aliphatic heterocycles. The van der Waals surface area contributed by atoms with Crippen molar-refractivity contribution in [2.45, 2.75) is 0 Å². The number of hydrogen-bond acceptors (Lipinski definition) is 2. The summed E-state index contributed by atoms with van der Waals surface area (Å²) in [6, 6.07) is 20.2. The first-order chi connectivity index (χ1) is 9.36. The molecule has 0 aliphatic rings. The molecule has 2 nitrogen and oxygen atoms in total. The molecule has 0 spiro atoms. The van der Waals surface area contributed by atoms with Crippen LogP contribution in [-0.2, 0) is 0 Å². The average molecular weight is 250 g/mol. The molecule has 0 N–H and O–H groups in total. The van der Waals surface area contributed by atoms with Crippen molar-refractivity contribution in [2.75, 3.05) is 7.11 Å². The predicted molar refractivity (Wildman–Crippen MR) is 76.1 cm³/mol. The van der Waals surface area contributed by atoms with Crippen molar-refractivity contribution in [2.24, 2.45) is 0 Å². The minimum Gasteiger partial charge on any atom is -0.497 e. The fourth-order valence-corrected chi connectivity index (χ4v) is 2.07. The van der Waals surface area contributed by atoms with Gasteiger partial charge in [-0.3, -0.25) is 0 Å². The fraction of sp³-hybridized carbons (Fsp3) is 0.0588. The standard InChI is InChI=1S/C17H14O2/c1-18-16-5-2-4-15(12-16)13-7-9-14(10-8-13)17-6-3-11-19-17/h2-12H,1H3. The lowest BCUT2D eigenvalue weighted by atomic mass is 10.0. The van der Waals surface area contributed by atoms with Crippen LogP contribution in [0.2, 0.25) is 0 Å². The number of rotatable bonds is 3. The minimum absolute atomic E-state index is 0.868. The van der Waals surface area contributed by atoms with Gasteiger partial charge < -0.3 is 9.15 Å². The van der Waals surface area contributed by atoms with Crippen molar-refractivity contribution in [1.29, 1.82) is 0 Å². The summed E-state index contributed by atoms with van der Waals surface area (Å²) in [6.45, 7) is 0. The fourth-order valence-electron chi connectivity index (χ4n) is 2.07. The van der Waals surface area contributed by atoms with Crippen molar-refractivity contribution in [1.82, 2.24) is 0 Å². The molecule has 0 unspecified atom stereocenters. The summed E-state index contributed by atoms with van der Waals surface area (Å²) in [6.07, 6.45) is 1.69. The number of furan rings is 1. The zero-order valence-electron chi connectivity index (χ0n) is 10.7. The SMILES string of the molecule is COc1cccc(-c2ccc(-c3ccco3)cc2)c1. The van der Waals surface area contributed by atoms with E-state index in [4.69, 9.17) is 9.15 Å². The smallest absolute Gasteiger partial charge is 0.133 e. The van der Waals surface area contributed by atoms with Crippen LogP contribution in [0.5, 0.6) is 5.75 Å². The molecule has 2 aromatic carbocycles. The van der Waals surface area contributed by atoms with Gasteiger partial charge >= 0.3 is 0 Å². The van der Waals surface area contributed by atoms with E-state index in [1.54, 1.807) is 13.4 Å². The van der Waals surface area contributed by atoms with E-state index in [2.05, 4.69) is 30.3 Å². The van der Waals surface area contributed by atoms with E-state index >= 15 is 0 Å². The van der Waals surface area contributed by atoms with E-state index in [1.165, 1.54) is 0 Å². The second-order valence-electron chi connectivity index (χ2n) is 4.29. The van der Waals surface area contributed by atoms with Gasteiger partial charge in [0.25, 0.3) is 0 Å². The van der Waals surface area contributed by atoms with Crippen molar-refractivity contribution >= 4 is 0 Å². The summed E-state index contributed by atoms with van der Waals surface area (Å²) < 4.78 is 10.6. The van der Waals surface area contributed by atoms with Crippen LogP contribution in [0, 0.1) is 0 Å². The lowest BCUT2D eigenvalue weighted by Crippen LogP contribution is -1.84. The maximum atomic E-state index is 5.38. The topological polar surface area (TPSA) is 22.4 Å². The summed E-state index contributed by atoms with van der Waals surface area (Å²) in [5.74, 6) is 1.75. The molecule has 0 aliphatic carbocycles. The van der Waals surface area contributed by atoms with E-state index in [-0.39, 0.29) is 0 Å². The van der Waals surface area contributed by atoms with Crippen LogP contribution in [0.15, 0.2) is 71.3 Å². The lowest BCUT2D eigenvalue weighted by molar-refractivity contribution is 0.415. The Labute approximate surface area is 112 Å². The van der Waals surface area contributed by atoms with Crippen LogP contribution in [0.4, 0.5) is 0 Å². The second kappa shape index (κ2) is 5.02. The van der Waals surface area contributed by atoms with Gasteiger partial charge in [-0.2, -0.15) is 0 Å². The summed E-state index contributed by atoms with van der Waals surface area (Å²) in [4.78, 5) is 0. The first-order valence-electron chi connectivity index (χ1n) is 6.15. The van der Waals surface area contributed by atoms with Crippen LogP contribution in [0.25, 0.3) is 22.5 Å². The highest BCUT2D eigenvalue weighted by Crippen LogP contribution is 2.27. The van der Waals surface area contributed by atoms with E-state index in [0.717, 1.165) is 28.2 Å². The van der Waals surface area contributed by atoms with Gasteiger partial charge in [-0.15, -0.1) is 0 Å². The molecule has 0 atom stereocenters. The number of benzene rings is 2. The maximum Gasteiger partial charge on any atom is 0.133 e. The Morgan fingerprint density at radius 2 is 1.58 bits per heavy atom. The molecule has 0 saturated carbocycles. The molecule has 3 rings (SSSR count). The summed E-state index contributed by atoms with van der Waals surface area (Å²) >= 11 is 0. The third kappa shape index (κ3) is 2.38. The summed E-state index contributed by atoms with van der Waals surface area (Å²) in [7, 11) is 1.68. The zero-order chi connectivity index (χ0) is 13.1. The molecule has 19 heavy (non-hydrogen) atoms. The first-order valence-corrected chi connectivity index (χ1v) is 6.15. The van der Waals surface area contributed by atoms with E-state index in [1.807, 2.05) is 30.3 Å². The highest BCUT2D eigenvalue weighted by Gasteiger charge is 2.02. The molecule has 0 amide bonds. The molecule has 1 aromatic heterocycles. The van der Waals surface area contributed by atoms with Gasteiger partial charge in [-0.25, -0.2) is 0 Å². The van der Waals surface area contributed by atoms with Crippen LogP contribution < -0.4 is 4.74 Å². The Morgan fingerprint density at radius 1 is 0.789 bits per heavy atom. The third-order valence-electron chi connectivity index (χ3n) is 3.09. The van der Waals surface area contributed by atoms with Gasteiger partial charge in [0.1, 0.15) is 11.5 Å². The molecule has 3 aromatic rings. The van der Waals surface area contributed by atoms with Gasteiger partial charge in [0, 0.05) is 5.56 Å². The summed E-state index contributed by atoms with van der Waals surface area (Å²) in [5, 5.41) is 0. The van der Waals surface area contributed by atoms with Crippen LogP contribution >= 0.6 is 0 Å². The Bertz CT molecular complexity index is 652. The molecule has 0 fully saturated rings. The normalized spacial score (nSPS) is 10.4. The van der Waals surface area contributed by atoms with Crippen molar-refractivity contribution in [3.05, 3.63) is 66.9 Å². The Kier molecular flexibility index (Phi) is 3.07. The highest BCUT2D eigenvalue weighted by molar-refractivity contribution is 5.69. The van der Waals surface area contributed by atoms with E-state index < -0.39 is 0 Å². The van der Waals surface area contributed by atoms with Crippen molar-refractivity contribution in [3.8, 4) is 28.2 Å². The molecule has 0 bridgehead atoms. The first kappa shape index (κ1) is 11.6. The van der Waals surface area contributed by atoms with Crippen LogP contribution in [0.3, 0.4) is 0 Å². The van der Waals surface area contributed by atoms with Crippen LogP contribution in [0.1, 0.15) is 0 Å². The van der Waals surface area contributed by atoms with Crippen LogP contribution in [-0.4, -0.2) is 7.11 Å². The van der Waals surface area contributed by atoms with Gasteiger partial charge in [-0.1, -0.05) is 36.4 Å². The van der Waals surface area contributed by atoms with Gasteiger partial charge in [0.2, 0.25) is 0 Å². The maximum absolute atomic E-state index is 5.38. The molecular weight excluding hydrogens is 236 g/mol. The van der Waals surface area contributed by atoms with Gasteiger partial charge in [-0.05, 0) is 35.4 Å². The molecule has 0 saturated heterocycles. The quantitative estimate of drug-likeness (QED) is 0.676. The average Bonchev–Trinajstić information content (AvgIpc) is 3.02. The molecule has 1 heterocycles.